The van der Waals surface area contributed by atoms with Gasteiger partial charge in [-0.25, -0.2) is 0 Å². The van der Waals surface area contributed by atoms with Gasteiger partial charge in [0.25, 0.3) is 5.91 Å². The summed E-state index contributed by atoms with van der Waals surface area (Å²) in [6.07, 6.45) is 5.84. The number of nitrogens with zero attached hydrogens (tertiary/aromatic N) is 2. The maximum Gasteiger partial charge on any atom is 0.251 e. The summed E-state index contributed by atoms with van der Waals surface area (Å²) in [7, 11) is 0. The Kier molecular flexibility index (Phi) is 4.20. The first-order chi connectivity index (χ1) is 13.3. The lowest BCUT2D eigenvalue weighted by molar-refractivity contribution is 0.0950. The Balaban J connectivity index is 1.31. The van der Waals surface area contributed by atoms with E-state index in [1.165, 1.54) is 35.2 Å². The monoisotopic (exact) mass is 363 g/mol. The zero-order valence-corrected chi connectivity index (χ0v) is 15.5. The molecule has 2 aliphatic rings. The highest BCUT2D eigenvalue weighted by Gasteiger charge is 2.17. The van der Waals surface area contributed by atoms with E-state index in [0.717, 1.165) is 50.1 Å². The van der Waals surface area contributed by atoms with Crippen LogP contribution in [0.2, 0.25) is 0 Å². The molecular formula is C21H25N5O. The van der Waals surface area contributed by atoms with Gasteiger partial charge in [0.15, 0.2) is 0 Å². The summed E-state index contributed by atoms with van der Waals surface area (Å²) in [5.74, 6) is -0.0502. The normalized spacial score (nSPS) is 16.6. The highest BCUT2D eigenvalue weighted by atomic mass is 16.1. The van der Waals surface area contributed by atoms with Crippen LogP contribution in [-0.2, 0) is 32.5 Å². The van der Waals surface area contributed by atoms with Crippen LogP contribution in [0, 0.1) is 0 Å². The Morgan fingerprint density at radius 2 is 2.11 bits per heavy atom. The van der Waals surface area contributed by atoms with E-state index in [2.05, 4.69) is 37.5 Å². The molecule has 0 radical (unpaired) electrons. The van der Waals surface area contributed by atoms with Gasteiger partial charge in [-0.1, -0.05) is 6.07 Å². The molecule has 0 bridgehead atoms. The molecule has 1 aromatic carbocycles. The number of carbonyl (C=O) groups is 1. The van der Waals surface area contributed by atoms with Crippen molar-refractivity contribution in [2.45, 2.75) is 51.7 Å². The largest absolute Gasteiger partial charge is 0.358 e. The third-order valence-corrected chi connectivity index (χ3v) is 5.73. The van der Waals surface area contributed by atoms with Gasteiger partial charge in [-0.05, 0) is 62.4 Å². The van der Waals surface area contributed by atoms with Gasteiger partial charge >= 0.3 is 0 Å². The number of carbonyl (C=O) groups excluding carboxylic acids is 1. The number of rotatable bonds is 3. The van der Waals surface area contributed by atoms with Crippen LogP contribution in [0.5, 0.6) is 0 Å². The van der Waals surface area contributed by atoms with E-state index >= 15 is 0 Å². The zero-order valence-electron chi connectivity index (χ0n) is 15.5. The van der Waals surface area contributed by atoms with Gasteiger partial charge in [0.2, 0.25) is 0 Å². The number of aromatic nitrogens is 3. The number of amides is 1. The second-order valence-corrected chi connectivity index (χ2v) is 7.61. The first-order valence-electron chi connectivity index (χ1n) is 9.96. The molecule has 3 heterocycles. The zero-order chi connectivity index (χ0) is 18.2. The summed E-state index contributed by atoms with van der Waals surface area (Å²) in [4.78, 5) is 16.2. The van der Waals surface area contributed by atoms with Crippen molar-refractivity contribution in [3.63, 3.8) is 0 Å². The Hall–Kier alpha value is -2.60. The smallest absolute Gasteiger partial charge is 0.251 e. The van der Waals surface area contributed by atoms with Crippen molar-refractivity contribution in [2.24, 2.45) is 0 Å². The third-order valence-electron chi connectivity index (χ3n) is 5.73. The van der Waals surface area contributed by atoms with E-state index in [1.54, 1.807) is 0 Å². The second kappa shape index (κ2) is 6.85. The molecular weight excluding hydrogens is 338 g/mol. The first kappa shape index (κ1) is 16.6. The van der Waals surface area contributed by atoms with Crippen LogP contribution < -0.4 is 10.6 Å². The molecule has 0 saturated heterocycles. The molecule has 0 saturated carbocycles. The fraction of sp³-hybridized carbons (Fsp3) is 0.429. The number of hydrogen-bond acceptors (Lipinski definition) is 3. The minimum absolute atomic E-state index is 0.0502. The Labute approximate surface area is 158 Å². The van der Waals surface area contributed by atoms with Gasteiger partial charge < -0.3 is 15.6 Å². The van der Waals surface area contributed by atoms with Crippen LogP contribution in [0.1, 0.15) is 52.3 Å². The molecule has 6 heteroatoms. The number of H-pyrrole nitrogens is 1. The van der Waals surface area contributed by atoms with Crippen molar-refractivity contribution in [2.75, 3.05) is 6.54 Å². The minimum Gasteiger partial charge on any atom is -0.358 e. The maximum atomic E-state index is 12.6. The summed E-state index contributed by atoms with van der Waals surface area (Å²) in [5.41, 5.74) is 6.67. The number of nitrogens with one attached hydrogen (secondary N) is 3. The van der Waals surface area contributed by atoms with Crippen molar-refractivity contribution in [3.8, 4) is 0 Å². The molecule has 1 aliphatic carbocycles. The molecule has 6 nitrogen and oxygen atoms in total. The van der Waals surface area contributed by atoms with Crippen molar-refractivity contribution >= 4 is 16.8 Å². The number of fused-ring (bicyclic) bond motifs is 4. The highest BCUT2D eigenvalue weighted by molar-refractivity contribution is 5.98. The van der Waals surface area contributed by atoms with Crippen LogP contribution in [0.25, 0.3) is 10.9 Å². The first-order valence-corrected chi connectivity index (χ1v) is 9.96. The lowest BCUT2D eigenvalue weighted by Crippen LogP contribution is -2.23. The molecule has 0 spiro atoms. The summed E-state index contributed by atoms with van der Waals surface area (Å²) in [6.45, 7) is 3.26. The summed E-state index contributed by atoms with van der Waals surface area (Å²) in [5, 5.41) is 12.3. The summed E-state index contributed by atoms with van der Waals surface area (Å²) >= 11 is 0. The molecule has 140 valence electrons. The van der Waals surface area contributed by atoms with Crippen LogP contribution in [-0.4, -0.2) is 27.2 Å². The summed E-state index contributed by atoms with van der Waals surface area (Å²) in [6, 6.07) is 8.10. The summed E-state index contributed by atoms with van der Waals surface area (Å²) < 4.78 is 2.05. The minimum atomic E-state index is -0.0502. The lowest BCUT2D eigenvalue weighted by Gasteiger charge is -2.10. The van der Waals surface area contributed by atoms with Gasteiger partial charge in [-0.2, -0.15) is 5.10 Å². The highest BCUT2D eigenvalue weighted by Crippen LogP contribution is 2.29. The molecule has 1 amide bonds. The lowest BCUT2D eigenvalue weighted by atomic mass is 9.95. The topological polar surface area (TPSA) is 74.7 Å². The third kappa shape index (κ3) is 3.14. The molecule has 5 rings (SSSR count). The van der Waals surface area contributed by atoms with Crippen LogP contribution in [0.4, 0.5) is 0 Å². The van der Waals surface area contributed by atoms with Gasteiger partial charge in [0.1, 0.15) is 0 Å². The fourth-order valence-corrected chi connectivity index (χ4v) is 4.34. The quantitative estimate of drug-likeness (QED) is 0.670. The Morgan fingerprint density at radius 3 is 3.07 bits per heavy atom. The van der Waals surface area contributed by atoms with Crippen LogP contribution >= 0.6 is 0 Å². The maximum absolute atomic E-state index is 12.6. The second-order valence-electron chi connectivity index (χ2n) is 7.61. The molecule has 27 heavy (non-hydrogen) atoms. The molecule has 3 aromatic rings. The van der Waals surface area contributed by atoms with Gasteiger partial charge in [-0.15, -0.1) is 0 Å². The van der Waals surface area contributed by atoms with Crippen LogP contribution in [0.15, 0.2) is 24.3 Å². The van der Waals surface area contributed by atoms with E-state index in [-0.39, 0.29) is 5.91 Å². The number of aryl methyl sites for hydroxylation is 3. The Bertz CT molecular complexity index is 976. The molecule has 0 unspecified atom stereocenters. The van der Waals surface area contributed by atoms with E-state index in [4.69, 9.17) is 0 Å². The van der Waals surface area contributed by atoms with Gasteiger partial charge in [0.05, 0.1) is 17.9 Å². The molecule has 0 atom stereocenters. The number of aromatic amines is 1. The van der Waals surface area contributed by atoms with Gasteiger partial charge in [-0.3, -0.25) is 9.48 Å². The average molecular weight is 363 g/mol. The fourth-order valence-electron chi connectivity index (χ4n) is 4.34. The predicted octanol–water partition coefficient (Wildman–Crippen LogP) is 2.67. The van der Waals surface area contributed by atoms with E-state index in [1.807, 2.05) is 12.1 Å². The SMILES string of the molecule is O=C(NCc1cc2n(n1)CCCNC2)c1ccc2c3c([nH]c2c1)CCCC3. The van der Waals surface area contributed by atoms with E-state index < -0.39 is 0 Å². The van der Waals surface area contributed by atoms with Crippen molar-refractivity contribution in [1.82, 2.24) is 25.4 Å². The molecule has 0 fully saturated rings. The predicted molar refractivity (Wildman–Crippen MR) is 105 cm³/mol. The van der Waals surface area contributed by atoms with Crippen molar-refractivity contribution in [1.29, 1.82) is 0 Å². The molecule has 2 aromatic heterocycles. The standard InChI is InChI=1S/C21H25N5O/c27-21(23-12-15-11-16-13-22-8-3-9-26(16)25-15)14-6-7-18-17-4-1-2-5-19(17)24-20(18)10-14/h6-7,10-11,22,24H,1-5,8-9,12-13H2,(H,23,27). The number of benzene rings is 1. The van der Waals surface area contributed by atoms with E-state index in [0.29, 0.717) is 12.1 Å². The number of hydrogen-bond donors (Lipinski definition) is 3. The Morgan fingerprint density at radius 1 is 1.19 bits per heavy atom. The van der Waals surface area contributed by atoms with E-state index in [9.17, 15) is 4.79 Å². The van der Waals surface area contributed by atoms with Gasteiger partial charge in [0, 0.05) is 35.2 Å². The molecule has 1 aliphatic heterocycles. The molecule has 3 N–H and O–H groups in total. The van der Waals surface area contributed by atoms with Crippen molar-refractivity contribution < 1.29 is 4.79 Å². The van der Waals surface area contributed by atoms with Crippen molar-refractivity contribution in [3.05, 3.63) is 52.5 Å². The average Bonchev–Trinajstić information content (AvgIpc) is 3.19. The van der Waals surface area contributed by atoms with Crippen LogP contribution in [0.3, 0.4) is 0 Å².